The number of aromatic amines is 1. The van der Waals surface area contributed by atoms with Gasteiger partial charge in [-0.3, -0.25) is 9.36 Å². The van der Waals surface area contributed by atoms with Crippen LogP contribution in [-0.2, 0) is 0 Å². The lowest BCUT2D eigenvalue weighted by Crippen LogP contribution is -2.49. The maximum atomic E-state index is 13.1. The fourth-order valence-electron chi connectivity index (χ4n) is 3.23. The Labute approximate surface area is 167 Å². The SMILES string of the molecule is O=C(c1c[nH]c(=S)n1-c1ccccc1)N1CCN(c2cccc(Cl)n2)CC1. The summed E-state index contributed by atoms with van der Waals surface area (Å²) in [5.41, 5.74) is 1.41. The van der Waals surface area contributed by atoms with E-state index in [0.717, 1.165) is 11.5 Å². The summed E-state index contributed by atoms with van der Waals surface area (Å²) in [5.74, 6) is 0.799. The molecule has 1 aliphatic rings. The van der Waals surface area contributed by atoms with Crippen molar-refractivity contribution in [3.05, 3.63) is 70.3 Å². The number of para-hydroxylation sites is 1. The molecule has 8 heteroatoms. The van der Waals surface area contributed by atoms with Crippen LogP contribution in [-0.4, -0.2) is 51.5 Å². The molecular weight excluding hydrogens is 382 g/mol. The maximum absolute atomic E-state index is 13.1. The van der Waals surface area contributed by atoms with Gasteiger partial charge in [0.15, 0.2) is 4.77 Å². The van der Waals surface area contributed by atoms with Crippen molar-refractivity contribution in [3.8, 4) is 5.69 Å². The van der Waals surface area contributed by atoms with Crippen LogP contribution >= 0.6 is 23.8 Å². The molecule has 0 bridgehead atoms. The Bertz CT molecular complexity index is 1010. The minimum Gasteiger partial charge on any atom is -0.353 e. The normalized spacial score (nSPS) is 14.4. The molecule has 4 rings (SSSR count). The third-order valence-electron chi connectivity index (χ3n) is 4.60. The first-order chi connectivity index (χ1) is 13.1. The molecule has 1 aliphatic heterocycles. The van der Waals surface area contributed by atoms with Crippen LogP contribution < -0.4 is 4.90 Å². The minimum atomic E-state index is -0.0371. The van der Waals surface area contributed by atoms with Crippen molar-refractivity contribution in [1.82, 2.24) is 19.4 Å². The van der Waals surface area contributed by atoms with E-state index in [1.165, 1.54) is 0 Å². The third kappa shape index (κ3) is 3.61. The lowest BCUT2D eigenvalue weighted by atomic mass is 10.2. The molecule has 0 radical (unpaired) electrons. The van der Waals surface area contributed by atoms with Crippen LogP contribution in [0.15, 0.2) is 54.7 Å². The summed E-state index contributed by atoms with van der Waals surface area (Å²) < 4.78 is 2.29. The van der Waals surface area contributed by atoms with Crippen LogP contribution in [0.4, 0.5) is 5.82 Å². The standard InChI is InChI=1S/C19H18ClN5OS/c20-16-7-4-8-17(22-16)23-9-11-24(12-10-23)18(26)15-13-21-19(27)25(15)14-5-2-1-3-6-14/h1-8,13H,9-12H2,(H,21,27). The molecule has 1 aromatic carbocycles. The first-order valence-corrected chi connectivity index (χ1v) is 9.45. The second-order valence-corrected chi connectivity index (χ2v) is 7.02. The first-order valence-electron chi connectivity index (χ1n) is 8.66. The predicted molar refractivity (Wildman–Crippen MR) is 108 cm³/mol. The highest BCUT2D eigenvalue weighted by Gasteiger charge is 2.25. The van der Waals surface area contributed by atoms with Crippen molar-refractivity contribution in [3.63, 3.8) is 0 Å². The van der Waals surface area contributed by atoms with Gasteiger partial charge in [-0.2, -0.15) is 0 Å². The number of carbonyl (C=O) groups is 1. The summed E-state index contributed by atoms with van der Waals surface area (Å²) in [6, 6.07) is 15.2. The number of rotatable bonds is 3. The third-order valence-corrected chi connectivity index (χ3v) is 5.11. The molecule has 27 heavy (non-hydrogen) atoms. The van der Waals surface area contributed by atoms with Crippen LogP contribution in [0.1, 0.15) is 10.5 Å². The Kier molecular flexibility index (Phi) is 4.96. The van der Waals surface area contributed by atoms with Gasteiger partial charge in [-0.05, 0) is 36.5 Å². The first kappa shape index (κ1) is 17.8. The molecule has 3 heterocycles. The molecule has 1 amide bonds. The van der Waals surface area contributed by atoms with Crippen molar-refractivity contribution >= 4 is 35.5 Å². The largest absolute Gasteiger partial charge is 0.353 e. The van der Waals surface area contributed by atoms with E-state index in [0.29, 0.717) is 41.8 Å². The van der Waals surface area contributed by atoms with E-state index in [4.69, 9.17) is 23.8 Å². The summed E-state index contributed by atoms with van der Waals surface area (Å²) in [6.45, 7) is 2.63. The zero-order valence-corrected chi connectivity index (χ0v) is 16.1. The fraction of sp³-hybridized carbons (Fsp3) is 0.211. The monoisotopic (exact) mass is 399 g/mol. The van der Waals surface area contributed by atoms with Gasteiger partial charge in [-0.1, -0.05) is 35.9 Å². The quantitative estimate of drug-likeness (QED) is 0.540. The number of piperazine rings is 1. The highest BCUT2D eigenvalue weighted by atomic mass is 35.5. The molecule has 1 saturated heterocycles. The lowest BCUT2D eigenvalue weighted by molar-refractivity contribution is 0.0738. The fourth-order valence-corrected chi connectivity index (χ4v) is 3.66. The second kappa shape index (κ2) is 7.54. The summed E-state index contributed by atoms with van der Waals surface area (Å²) in [7, 11) is 0. The molecule has 0 spiro atoms. The molecular formula is C19H18ClN5OS. The number of H-pyrrole nitrogens is 1. The van der Waals surface area contributed by atoms with Crippen LogP contribution in [0.3, 0.4) is 0 Å². The van der Waals surface area contributed by atoms with Gasteiger partial charge in [0.25, 0.3) is 5.91 Å². The smallest absolute Gasteiger partial charge is 0.272 e. The van der Waals surface area contributed by atoms with E-state index in [2.05, 4.69) is 14.9 Å². The van der Waals surface area contributed by atoms with Gasteiger partial charge < -0.3 is 14.8 Å². The molecule has 1 N–H and O–H groups in total. The molecule has 2 aromatic heterocycles. The average Bonchev–Trinajstić information content (AvgIpc) is 3.09. The number of nitrogens with one attached hydrogen (secondary N) is 1. The minimum absolute atomic E-state index is 0.0371. The van der Waals surface area contributed by atoms with Crippen LogP contribution in [0.5, 0.6) is 0 Å². The number of benzene rings is 1. The number of pyridine rings is 1. The highest BCUT2D eigenvalue weighted by molar-refractivity contribution is 7.71. The Balaban J connectivity index is 1.52. The number of carbonyl (C=O) groups excluding carboxylic acids is 1. The number of aromatic nitrogens is 3. The summed E-state index contributed by atoms with van der Waals surface area (Å²) >= 11 is 11.4. The number of nitrogens with zero attached hydrogens (tertiary/aromatic N) is 4. The zero-order chi connectivity index (χ0) is 18.8. The van der Waals surface area contributed by atoms with E-state index >= 15 is 0 Å². The van der Waals surface area contributed by atoms with Crippen molar-refractivity contribution < 1.29 is 4.79 Å². The molecule has 0 saturated carbocycles. The highest BCUT2D eigenvalue weighted by Crippen LogP contribution is 2.19. The van der Waals surface area contributed by atoms with Crippen LogP contribution in [0.2, 0.25) is 5.15 Å². The van der Waals surface area contributed by atoms with Gasteiger partial charge in [0.2, 0.25) is 0 Å². The van der Waals surface area contributed by atoms with Crippen molar-refractivity contribution in [2.24, 2.45) is 0 Å². The topological polar surface area (TPSA) is 57.2 Å². The second-order valence-electron chi connectivity index (χ2n) is 6.25. The van der Waals surface area contributed by atoms with Crippen LogP contribution in [0, 0.1) is 4.77 Å². The zero-order valence-electron chi connectivity index (χ0n) is 14.5. The predicted octanol–water partition coefficient (Wildman–Crippen LogP) is 3.55. The van der Waals surface area contributed by atoms with Gasteiger partial charge in [-0.15, -0.1) is 0 Å². The molecule has 6 nitrogen and oxygen atoms in total. The average molecular weight is 400 g/mol. The molecule has 1 fully saturated rings. The molecule has 0 aliphatic carbocycles. The molecule has 0 unspecified atom stereocenters. The Morgan fingerprint density at radius 1 is 1.04 bits per heavy atom. The summed E-state index contributed by atoms with van der Waals surface area (Å²) in [6.07, 6.45) is 1.68. The number of amides is 1. The number of anilines is 1. The van der Waals surface area contributed by atoms with Gasteiger partial charge in [0.1, 0.15) is 16.7 Å². The van der Waals surface area contributed by atoms with E-state index < -0.39 is 0 Å². The van der Waals surface area contributed by atoms with Crippen molar-refractivity contribution in [2.45, 2.75) is 0 Å². The number of hydrogen-bond donors (Lipinski definition) is 1. The maximum Gasteiger partial charge on any atom is 0.272 e. The van der Waals surface area contributed by atoms with Crippen molar-refractivity contribution in [1.29, 1.82) is 0 Å². The van der Waals surface area contributed by atoms with Gasteiger partial charge in [0.05, 0.1) is 0 Å². The van der Waals surface area contributed by atoms with E-state index in [9.17, 15) is 4.79 Å². The van der Waals surface area contributed by atoms with E-state index in [1.54, 1.807) is 16.8 Å². The van der Waals surface area contributed by atoms with Gasteiger partial charge in [0, 0.05) is 38.1 Å². The van der Waals surface area contributed by atoms with Crippen molar-refractivity contribution in [2.75, 3.05) is 31.1 Å². The van der Waals surface area contributed by atoms with Gasteiger partial charge in [-0.25, -0.2) is 4.98 Å². The Morgan fingerprint density at radius 3 is 2.48 bits per heavy atom. The summed E-state index contributed by atoms with van der Waals surface area (Å²) in [4.78, 5) is 24.4. The number of halogens is 1. The molecule has 3 aromatic rings. The molecule has 0 atom stereocenters. The lowest BCUT2D eigenvalue weighted by Gasteiger charge is -2.35. The Morgan fingerprint density at radius 2 is 1.78 bits per heavy atom. The van der Waals surface area contributed by atoms with Gasteiger partial charge >= 0.3 is 0 Å². The number of imidazole rings is 1. The van der Waals surface area contributed by atoms with E-state index in [1.807, 2.05) is 47.4 Å². The Hall–Kier alpha value is -2.64. The number of hydrogen-bond acceptors (Lipinski definition) is 4. The van der Waals surface area contributed by atoms with Crippen LogP contribution in [0.25, 0.3) is 5.69 Å². The van der Waals surface area contributed by atoms with E-state index in [-0.39, 0.29) is 5.91 Å². The summed E-state index contributed by atoms with van der Waals surface area (Å²) in [5, 5.41) is 0.472. The molecule has 138 valence electrons.